The van der Waals surface area contributed by atoms with Gasteiger partial charge in [0.1, 0.15) is 11.6 Å². The number of aromatic nitrogens is 2. The molecule has 0 unspecified atom stereocenters. The van der Waals surface area contributed by atoms with Crippen LogP contribution < -0.4 is 5.32 Å². The second-order valence-electron chi connectivity index (χ2n) is 8.68. The van der Waals surface area contributed by atoms with Crippen molar-refractivity contribution in [3.05, 3.63) is 53.5 Å². The highest BCUT2D eigenvalue weighted by Crippen LogP contribution is 2.30. The number of carbonyl (C=O) groups excluding carboxylic acids is 2. The molecular formula is C24H31N5O2. The molecule has 2 heterocycles. The van der Waals surface area contributed by atoms with Crippen molar-refractivity contribution in [1.82, 2.24) is 19.8 Å². The van der Waals surface area contributed by atoms with Gasteiger partial charge in [0.2, 0.25) is 11.8 Å². The van der Waals surface area contributed by atoms with E-state index in [4.69, 9.17) is 4.98 Å². The predicted molar refractivity (Wildman–Crippen MR) is 119 cm³/mol. The van der Waals surface area contributed by atoms with Gasteiger partial charge in [-0.3, -0.25) is 9.59 Å². The van der Waals surface area contributed by atoms with Crippen LogP contribution in [0.4, 0.5) is 5.82 Å². The van der Waals surface area contributed by atoms with Crippen LogP contribution in [0.25, 0.3) is 0 Å². The first kappa shape index (κ1) is 21.3. The lowest BCUT2D eigenvalue weighted by Gasteiger charge is -2.21. The summed E-state index contributed by atoms with van der Waals surface area (Å²) in [6.45, 7) is 1.64. The maximum Gasteiger partial charge on any atom is 0.225 e. The van der Waals surface area contributed by atoms with Gasteiger partial charge in [0, 0.05) is 51.5 Å². The van der Waals surface area contributed by atoms with Crippen LogP contribution in [-0.4, -0.2) is 52.2 Å². The topological polar surface area (TPSA) is 78.4 Å². The molecule has 0 bridgehead atoms. The number of amides is 2. The monoisotopic (exact) mass is 421 g/mol. The van der Waals surface area contributed by atoms with Crippen molar-refractivity contribution in [3.8, 4) is 0 Å². The van der Waals surface area contributed by atoms with E-state index < -0.39 is 0 Å². The smallest absolute Gasteiger partial charge is 0.225 e. The first-order chi connectivity index (χ1) is 15.0. The Labute approximate surface area is 183 Å². The molecular weight excluding hydrogens is 390 g/mol. The molecule has 1 N–H and O–H groups in total. The highest BCUT2D eigenvalue weighted by molar-refractivity contribution is 5.80. The van der Waals surface area contributed by atoms with E-state index in [1.54, 1.807) is 4.90 Å². The SMILES string of the molecule is CNc1cc([C@H]2CC(=O)N(Cc3ccccc3)C2)nc(CN(C)C(=O)C2CCCC2)n1. The summed E-state index contributed by atoms with van der Waals surface area (Å²) in [6.07, 6.45) is 4.68. The molecule has 2 fully saturated rings. The first-order valence-corrected chi connectivity index (χ1v) is 11.2. The normalized spacial score (nSPS) is 19.1. The molecule has 7 nitrogen and oxygen atoms in total. The number of likely N-dealkylation sites (tertiary alicyclic amines) is 1. The Morgan fingerprint density at radius 1 is 1.19 bits per heavy atom. The van der Waals surface area contributed by atoms with Crippen LogP contribution >= 0.6 is 0 Å². The van der Waals surface area contributed by atoms with Crippen molar-refractivity contribution < 1.29 is 9.59 Å². The third kappa shape index (κ3) is 5.03. The summed E-state index contributed by atoms with van der Waals surface area (Å²) in [6, 6.07) is 12.0. The second kappa shape index (κ2) is 9.45. The molecule has 1 aliphatic carbocycles. The van der Waals surface area contributed by atoms with Crippen molar-refractivity contribution in [2.45, 2.75) is 51.1 Å². The minimum absolute atomic E-state index is 0.0286. The zero-order valence-corrected chi connectivity index (χ0v) is 18.4. The molecule has 1 saturated carbocycles. The number of hydrogen-bond donors (Lipinski definition) is 1. The van der Waals surface area contributed by atoms with Crippen molar-refractivity contribution in [3.63, 3.8) is 0 Å². The number of nitrogens with zero attached hydrogens (tertiary/aromatic N) is 4. The van der Waals surface area contributed by atoms with Gasteiger partial charge in [-0.15, -0.1) is 0 Å². The standard InChI is InChI=1S/C24H31N5O2/c1-25-21-13-20(19-12-23(30)29(15-19)14-17-8-4-3-5-9-17)26-22(27-21)16-28(2)24(31)18-10-6-7-11-18/h3-5,8-9,13,18-19H,6-7,10-12,14-16H2,1-2H3,(H,25,26,27)/t19-/m0/s1. The lowest BCUT2D eigenvalue weighted by molar-refractivity contribution is -0.134. The van der Waals surface area contributed by atoms with Crippen molar-refractivity contribution in [1.29, 1.82) is 0 Å². The molecule has 2 aliphatic rings. The van der Waals surface area contributed by atoms with E-state index >= 15 is 0 Å². The number of carbonyl (C=O) groups is 2. The molecule has 0 radical (unpaired) electrons. The summed E-state index contributed by atoms with van der Waals surface area (Å²) in [4.78, 5) is 38.3. The van der Waals surface area contributed by atoms with Gasteiger partial charge in [-0.1, -0.05) is 43.2 Å². The minimum Gasteiger partial charge on any atom is -0.373 e. The summed E-state index contributed by atoms with van der Waals surface area (Å²) < 4.78 is 0. The van der Waals surface area contributed by atoms with E-state index in [1.165, 1.54) is 0 Å². The van der Waals surface area contributed by atoms with E-state index in [0.29, 0.717) is 31.9 Å². The number of nitrogens with one attached hydrogen (secondary N) is 1. The molecule has 0 spiro atoms. The molecule has 7 heteroatoms. The molecule has 1 aromatic carbocycles. The Kier molecular flexibility index (Phi) is 6.49. The van der Waals surface area contributed by atoms with Crippen molar-refractivity contribution in [2.24, 2.45) is 5.92 Å². The van der Waals surface area contributed by atoms with Gasteiger partial charge in [0.15, 0.2) is 0 Å². The molecule has 1 aromatic heterocycles. The summed E-state index contributed by atoms with van der Waals surface area (Å²) in [7, 11) is 3.65. The lowest BCUT2D eigenvalue weighted by Crippen LogP contribution is -2.32. The van der Waals surface area contributed by atoms with E-state index in [-0.39, 0.29) is 23.7 Å². The summed E-state index contributed by atoms with van der Waals surface area (Å²) >= 11 is 0. The lowest BCUT2D eigenvalue weighted by atomic mass is 10.0. The second-order valence-corrected chi connectivity index (χ2v) is 8.68. The van der Waals surface area contributed by atoms with E-state index in [2.05, 4.69) is 10.3 Å². The van der Waals surface area contributed by atoms with Gasteiger partial charge in [-0.2, -0.15) is 0 Å². The third-order valence-electron chi connectivity index (χ3n) is 6.36. The maximum atomic E-state index is 12.7. The zero-order valence-electron chi connectivity index (χ0n) is 18.4. The van der Waals surface area contributed by atoms with Crippen LogP contribution in [0.5, 0.6) is 0 Å². The Morgan fingerprint density at radius 2 is 1.94 bits per heavy atom. The number of rotatable bonds is 7. The van der Waals surface area contributed by atoms with E-state index in [1.807, 2.05) is 55.4 Å². The number of benzene rings is 1. The van der Waals surface area contributed by atoms with Gasteiger partial charge in [-0.05, 0) is 18.4 Å². The predicted octanol–water partition coefficient (Wildman–Crippen LogP) is 3.18. The number of hydrogen-bond acceptors (Lipinski definition) is 5. The van der Waals surface area contributed by atoms with Crippen LogP contribution in [0.15, 0.2) is 36.4 Å². The van der Waals surface area contributed by atoms with Crippen LogP contribution in [-0.2, 0) is 22.7 Å². The highest BCUT2D eigenvalue weighted by atomic mass is 16.2. The fraction of sp³-hybridized carbons (Fsp3) is 0.500. The molecule has 1 saturated heterocycles. The van der Waals surface area contributed by atoms with Crippen molar-refractivity contribution in [2.75, 3.05) is 26.0 Å². The average Bonchev–Trinajstić information content (AvgIpc) is 3.44. The average molecular weight is 422 g/mol. The van der Waals surface area contributed by atoms with Gasteiger partial charge < -0.3 is 15.1 Å². The molecule has 2 amide bonds. The van der Waals surface area contributed by atoms with E-state index in [0.717, 1.165) is 42.8 Å². The van der Waals surface area contributed by atoms with Crippen LogP contribution in [0, 0.1) is 5.92 Å². The maximum absolute atomic E-state index is 12.7. The molecule has 1 atom stereocenters. The van der Waals surface area contributed by atoms with Gasteiger partial charge in [0.05, 0.1) is 12.2 Å². The van der Waals surface area contributed by atoms with Gasteiger partial charge in [-0.25, -0.2) is 9.97 Å². The zero-order chi connectivity index (χ0) is 21.8. The first-order valence-electron chi connectivity index (χ1n) is 11.2. The van der Waals surface area contributed by atoms with Crippen LogP contribution in [0.3, 0.4) is 0 Å². The fourth-order valence-electron chi connectivity index (χ4n) is 4.63. The Balaban J connectivity index is 1.47. The Hall–Kier alpha value is -2.96. The highest BCUT2D eigenvalue weighted by Gasteiger charge is 2.32. The quantitative estimate of drug-likeness (QED) is 0.743. The molecule has 2 aromatic rings. The summed E-state index contributed by atoms with van der Waals surface area (Å²) in [5.74, 6) is 1.83. The van der Waals surface area contributed by atoms with E-state index in [9.17, 15) is 9.59 Å². The van der Waals surface area contributed by atoms with Crippen LogP contribution in [0.1, 0.15) is 55.1 Å². The molecule has 1 aliphatic heterocycles. The molecule has 164 valence electrons. The fourth-order valence-corrected chi connectivity index (χ4v) is 4.63. The summed E-state index contributed by atoms with van der Waals surface area (Å²) in [5.41, 5.74) is 1.99. The molecule has 31 heavy (non-hydrogen) atoms. The van der Waals surface area contributed by atoms with Gasteiger partial charge >= 0.3 is 0 Å². The summed E-state index contributed by atoms with van der Waals surface area (Å²) in [5, 5.41) is 3.10. The third-order valence-corrected chi connectivity index (χ3v) is 6.36. The Bertz CT molecular complexity index is 927. The van der Waals surface area contributed by atoms with Crippen LogP contribution in [0.2, 0.25) is 0 Å². The largest absolute Gasteiger partial charge is 0.373 e. The number of anilines is 1. The molecule has 4 rings (SSSR count). The minimum atomic E-state index is 0.0286. The van der Waals surface area contributed by atoms with Gasteiger partial charge in [0.25, 0.3) is 0 Å². The van der Waals surface area contributed by atoms with Crippen molar-refractivity contribution >= 4 is 17.6 Å². The Morgan fingerprint density at radius 3 is 2.65 bits per heavy atom.